The van der Waals surface area contributed by atoms with Crippen LogP contribution in [-0.4, -0.2) is 18.0 Å². The van der Waals surface area contributed by atoms with Gasteiger partial charge < -0.3 is 14.5 Å². The van der Waals surface area contributed by atoms with Crippen LogP contribution in [0.5, 0.6) is 0 Å². The van der Waals surface area contributed by atoms with E-state index in [4.69, 9.17) is 9.15 Å². The quantitative estimate of drug-likeness (QED) is 0.689. The number of furan rings is 1. The molecule has 3 rings (SSSR count). The molecule has 1 amide bonds. The van der Waals surface area contributed by atoms with Gasteiger partial charge in [-0.1, -0.05) is 42.0 Å². The third kappa shape index (κ3) is 4.00. The lowest BCUT2D eigenvalue weighted by atomic mass is 10.1. The fourth-order valence-corrected chi connectivity index (χ4v) is 2.71. The predicted molar refractivity (Wildman–Crippen MR) is 98.8 cm³/mol. The molecule has 0 aliphatic rings. The average Bonchev–Trinajstić information content (AvgIpc) is 2.99. The lowest BCUT2D eigenvalue weighted by molar-refractivity contribution is -0.129. The Hall–Kier alpha value is -3.15. The van der Waals surface area contributed by atoms with Gasteiger partial charge in [0.05, 0.1) is 0 Å². The van der Waals surface area contributed by atoms with Crippen molar-refractivity contribution < 1.29 is 23.1 Å². The number of esters is 1. The van der Waals surface area contributed by atoms with Crippen LogP contribution in [0.15, 0.2) is 46.9 Å². The van der Waals surface area contributed by atoms with E-state index in [1.165, 1.54) is 19.1 Å². The van der Waals surface area contributed by atoms with Crippen LogP contribution in [0.4, 0.5) is 4.39 Å². The Kier molecular flexibility index (Phi) is 5.26. The van der Waals surface area contributed by atoms with Gasteiger partial charge in [0.15, 0.2) is 17.5 Å². The van der Waals surface area contributed by atoms with Gasteiger partial charge >= 0.3 is 5.97 Å². The van der Waals surface area contributed by atoms with E-state index in [1.807, 2.05) is 31.2 Å². The Morgan fingerprint density at radius 2 is 1.85 bits per heavy atom. The number of carbonyl (C=O) groups is 2. The summed E-state index contributed by atoms with van der Waals surface area (Å²) in [5.74, 6) is -1.89. The Bertz CT molecular complexity index is 991. The number of halogens is 1. The number of benzene rings is 2. The molecule has 1 atom stereocenters. The maximum Gasteiger partial charge on any atom is 0.375 e. The summed E-state index contributed by atoms with van der Waals surface area (Å²) in [6.45, 7) is 5.43. The summed E-state index contributed by atoms with van der Waals surface area (Å²) >= 11 is 0. The molecule has 0 saturated heterocycles. The van der Waals surface area contributed by atoms with Crippen molar-refractivity contribution in [2.24, 2.45) is 0 Å². The van der Waals surface area contributed by atoms with Crippen LogP contribution in [0, 0.1) is 19.7 Å². The number of hydrogen-bond acceptors (Lipinski definition) is 4. The zero-order chi connectivity index (χ0) is 19.6. The molecule has 0 bridgehead atoms. The van der Waals surface area contributed by atoms with Gasteiger partial charge in [0.2, 0.25) is 5.76 Å². The first kappa shape index (κ1) is 18.6. The van der Waals surface area contributed by atoms with Crippen molar-refractivity contribution in [1.82, 2.24) is 5.32 Å². The zero-order valence-electron chi connectivity index (χ0n) is 15.3. The van der Waals surface area contributed by atoms with Crippen LogP contribution in [0.25, 0.3) is 11.0 Å². The molecule has 2 aromatic carbocycles. The van der Waals surface area contributed by atoms with E-state index in [-0.39, 0.29) is 11.3 Å². The van der Waals surface area contributed by atoms with Crippen molar-refractivity contribution in [3.8, 4) is 0 Å². The third-order valence-corrected chi connectivity index (χ3v) is 4.34. The summed E-state index contributed by atoms with van der Waals surface area (Å²) in [6, 6.07) is 12.2. The van der Waals surface area contributed by atoms with Crippen LogP contribution in [0.2, 0.25) is 0 Å². The SMILES string of the molecule is Cc1ccc(CNC(=O)[C@@H](C)OC(=O)c2oc3c(F)cccc3c2C)cc1. The molecule has 3 aromatic rings. The van der Waals surface area contributed by atoms with Crippen molar-refractivity contribution in [3.05, 3.63) is 70.7 Å². The standard InChI is InChI=1S/C21H20FNO4/c1-12-7-9-15(10-8-12)11-23-20(24)14(3)26-21(25)18-13(2)16-5-4-6-17(22)19(16)27-18/h4-10,14H,11H2,1-3H3,(H,23,24)/t14-/m1/s1. The second-order valence-corrected chi connectivity index (χ2v) is 6.42. The molecule has 0 saturated carbocycles. The van der Waals surface area contributed by atoms with Crippen molar-refractivity contribution in [2.75, 3.05) is 0 Å². The number of rotatable bonds is 5. The summed E-state index contributed by atoms with van der Waals surface area (Å²) in [5, 5.41) is 3.22. The molecule has 0 fully saturated rings. The smallest absolute Gasteiger partial charge is 0.375 e. The molecule has 0 aliphatic heterocycles. The topological polar surface area (TPSA) is 68.5 Å². The second-order valence-electron chi connectivity index (χ2n) is 6.42. The summed E-state index contributed by atoms with van der Waals surface area (Å²) in [4.78, 5) is 24.5. The van der Waals surface area contributed by atoms with Gasteiger partial charge in [0.1, 0.15) is 0 Å². The summed E-state index contributed by atoms with van der Waals surface area (Å²) < 4.78 is 24.3. The Balaban J connectivity index is 1.65. The molecule has 1 aromatic heterocycles. The van der Waals surface area contributed by atoms with Crippen LogP contribution >= 0.6 is 0 Å². The minimum absolute atomic E-state index is 0.00146. The van der Waals surface area contributed by atoms with Crippen molar-refractivity contribution in [3.63, 3.8) is 0 Å². The molecule has 6 heteroatoms. The zero-order valence-corrected chi connectivity index (χ0v) is 15.3. The molecular formula is C21H20FNO4. The average molecular weight is 369 g/mol. The van der Waals surface area contributed by atoms with Gasteiger partial charge in [-0.05, 0) is 32.4 Å². The fourth-order valence-electron chi connectivity index (χ4n) is 2.71. The Labute approximate surface area is 156 Å². The highest BCUT2D eigenvalue weighted by Crippen LogP contribution is 2.27. The van der Waals surface area contributed by atoms with Gasteiger partial charge in [-0.3, -0.25) is 4.79 Å². The second kappa shape index (κ2) is 7.61. The van der Waals surface area contributed by atoms with Crippen LogP contribution < -0.4 is 5.32 Å². The first-order chi connectivity index (χ1) is 12.9. The molecule has 1 heterocycles. The van der Waals surface area contributed by atoms with Crippen LogP contribution in [0.1, 0.15) is 34.2 Å². The minimum Gasteiger partial charge on any atom is -0.447 e. The normalized spacial score (nSPS) is 12.0. The molecule has 0 aliphatic carbocycles. The lowest BCUT2D eigenvalue weighted by Gasteiger charge is -2.13. The number of nitrogens with one attached hydrogen (secondary N) is 1. The maximum absolute atomic E-state index is 13.8. The Morgan fingerprint density at radius 1 is 1.15 bits per heavy atom. The van der Waals surface area contributed by atoms with Crippen LogP contribution in [-0.2, 0) is 16.1 Å². The number of amides is 1. The highest BCUT2D eigenvalue weighted by molar-refractivity contribution is 5.97. The van der Waals surface area contributed by atoms with Crippen LogP contribution in [0.3, 0.4) is 0 Å². The number of para-hydroxylation sites is 1. The highest BCUT2D eigenvalue weighted by atomic mass is 19.1. The molecule has 0 unspecified atom stereocenters. The maximum atomic E-state index is 13.8. The molecular weight excluding hydrogens is 349 g/mol. The van der Waals surface area contributed by atoms with Gasteiger partial charge in [-0.25, -0.2) is 9.18 Å². The number of fused-ring (bicyclic) bond motifs is 1. The molecule has 27 heavy (non-hydrogen) atoms. The van der Waals surface area contributed by atoms with E-state index >= 15 is 0 Å². The summed E-state index contributed by atoms with van der Waals surface area (Å²) in [7, 11) is 0. The van der Waals surface area contributed by atoms with E-state index in [0.717, 1.165) is 11.1 Å². The Morgan fingerprint density at radius 3 is 2.52 bits per heavy atom. The van der Waals surface area contributed by atoms with E-state index in [9.17, 15) is 14.0 Å². The van der Waals surface area contributed by atoms with Crippen molar-refractivity contribution in [2.45, 2.75) is 33.4 Å². The fraction of sp³-hybridized carbons (Fsp3) is 0.238. The highest BCUT2D eigenvalue weighted by Gasteiger charge is 2.25. The first-order valence-corrected chi connectivity index (χ1v) is 8.58. The number of hydrogen-bond donors (Lipinski definition) is 1. The molecule has 140 valence electrons. The minimum atomic E-state index is -1.01. The molecule has 5 nitrogen and oxygen atoms in total. The summed E-state index contributed by atoms with van der Waals surface area (Å²) in [5.41, 5.74) is 2.54. The first-order valence-electron chi connectivity index (χ1n) is 8.58. The summed E-state index contributed by atoms with van der Waals surface area (Å²) in [6.07, 6.45) is -1.01. The monoisotopic (exact) mass is 369 g/mol. The predicted octanol–water partition coefficient (Wildman–Crippen LogP) is 4.05. The molecule has 1 N–H and O–H groups in total. The van der Waals surface area contributed by atoms with E-state index in [1.54, 1.807) is 13.0 Å². The third-order valence-electron chi connectivity index (χ3n) is 4.34. The molecule has 0 radical (unpaired) electrons. The number of carbonyl (C=O) groups excluding carboxylic acids is 2. The van der Waals surface area contributed by atoms with Crippen molar-refractivity contribution in [1.29, 1.82) is 0 Å². The number of ether oxygens (including phenoxy) is 1. The molecule has 0 spiro atoms. The van der Waals surface area contributed by atoms with E-state index in [0.29, 0.717) is 17.5 Å². The van der Waals surface area contributed by atoms with Gasteiger partial charge in [0.25, 0.3) is 5.91 Å². The largest absolute Gasteiger partial charge is 0.447 e. The lowest BCUT2D eigenvalue weighted by Crippen LogP contribution is -2.35. The van der Waals surface area contributed by atoms with Gasteiger partial charge in [-0.15, -0.1) is 0 Å². The van der Waals surface area contributed by atoms with Crippen molar-refractivity contribution >= 4 is 22.8 Å². The van der Waals surface area contributed by atoms with E-state index in [2.05, 4.69) is 5.32 Å². The van der Waals surface area contributed by atoms with Gasteiger partial charge in [-0.2, -0.15) is 0 Å². The van der Waals surface area contributed by atoms with Gasteiger partial charge in [0, 0.05) is 17.5 Å². The van der Waals surface area contributed by atoms with E-state index < -0.39 is 23.8 Å². The number of aryl methyl sites for hydroxylation is 2.